The highest BCUT2D eigenvalue weighted by molar-refractivity contribution is 5.98. The lowest BCUT2D eigenvalue weighted by Crippen LogP contribution is -2.16. The third-order valence-electron chi connectivity index (χ3n) is 4.43. The van der Waals surface area contributed by atoms with Crippen LogP contribution in [0.2, 0.25) is 0 Å². The van der Waals surface area contributed by atoms with E-state index >= 15 is 0 Å². The molecule has 0 radical (unpaired) electrons. The Bertz CT molecular complexity index is 1100. The number of amides is 1. The fourth-order valence-electron chi connectivity index (χ4n) is 2.83. The van der Waals surface area contributed by atoms with Crippen molar-refractivity contribution in [3.8, 4) is 17.4 Å². The lowest BCUT2D eigenvalue weighted by Gasteiger charge is -2.17. The standard InChI is InChI=1S/C23H25N5O4/c1-4-18-23(32-17-8-6-7-15(13-17)25-19(29)5-2)28-22(20(27-18)21(24)30)26-14-9-11-16(31-3)12-10-14/h5-13,21,30H,2,4,24H2,1,3H3,(H,25,29)(H,26,28). The minimum Gasteiger partial charge on any atom is -0.497 e. The summed E-state index contributed by atoms with van der Waals surface area (Å²) in [5.74, 6) is 1.33. The summed E-state index contributed by atoms with van der Waals surface area (Å²) in [6.45, 7) is 5.33. The molecule has 3 rings (SSSR count). The van der Waals surface area contributed by atoms with Gasteiger partial charge in [-0.3, -0.25) is 4.79 Å². The Morgan fingerprint density at radius 2 is 1.94 bits per heavy atom. The number of hydrogen-bond acceptors (Lipinski definition) is 8. The molecular formula is C23H25N5O4. The minimum absolute atomic E-state index is 0.192. The molecule has 166 valence electrons. The maximum absolute atomic E-state index is 11.6. The van der Waals surface area contributed by atoms with Gasteiger partial charge in [-0.2, -0.15) is 4.98 Å². The van der Waals surface area contributed by atoms with E-state index < -0.39 is 6.23 Å². The van der Waals surface area contributed by atoms with E-state index in [4.69, 9.17) is 15.2 Å². The second kappa shape index (κ2) is 10.4. The van der Waals surface area contributed by atoms with Crippen LogP contribution >= 0.6 is 0 Å². The van der Waals surface area contributed by atoms with E-state index in [2.05, 4.69) is 27.2 Å². The predicted octanol–water partition coefficient (Wildman–Crippen LogP) is 3.66. The van der Waals surface area contributed by atoms with Crippen LogP contribution in [-0.2, 0) is 11.2 Å². The van der Waals surface area contributed by atoms with Crippen LogP contribution in [0.15, 0.2) is 61.2 Å². The van der Waals surface area contributed by atoms with Gasteiger partial charge in [-0.1, -0.05) is 19.6 Å². The first kappa shape index (κ1) is 22.7. The number of aliphatic hydroxyl groups is 1. The first-order valence-electron chi connectivity index (χ1n) is 9.90. The third kappa shape index (κ3) is 5.60. The number of benzene rings is 2. The molecule has 9 nitrogen and oxygen atoms in total. The monoisotopic (exact) mass is 435 g/mol. The van der Waals surface area contributed by atoms with Gasteiger partial charge in [0.1, 0.15) is 29.1 Å². The van der Waals surface area contributed by atoms with Crippen LogP contribution in [0, 0.1) is 0 Å². The highest BCUT2D eigenvalue weighted by Crippen LogP contribution is 2.30. The van der Waals surface area contributed by atoms with Gasteiger partial charge in [-0.25, -0.2) is 4.98 Å². The lowest BCUT2D eigenvalue weighted by molar-refractivity contribution is -0.111. The van der Waals surface area contributed by atoms with Crippen LogP contribution < -0.4 is 25.8 Å². The van der Waals surface area contributed by atoms with Crippen LogP contribution in [0.25, 0.3) is 0 Å². The number of anilines is 3. The summed E-state index contributed by atoms with van der Waals surface area (Å²) in [5, 5.41) is 15.8. The summed E-state index contributed by atoms with van der Waals surface area (Å²) in [5.41, 5.74) is 7.68. The molecule has 1 heterocycles. The SMILES string of the molecule is C=CC(=O)Nc1cccc(Oc2nc(Nc3ccc(OC)cc3)c(C(N)O)nc2CC)c1. The maximum atomic E-state index is 11.6. The lowest BCUT2D eigenvalue weighted by atomic mass is 10.2. The fraction of sp³-hybridized carbons (Fsp3) is 0.174. The Morgan fingerprint density at radius 3 is 2.56 bits per heavy atom. The second-order valence-electron chi connectivity index (χ2n) is 6.68. The molecule has 1 atom stereocenters. The Balaban J connectivity index is 1.94. The fourth-order valence-corrected chi connectivity index (χ4v) is 2.83. The number of nitrogens with one attached hydrogen (secondary N) is 2. The van der Waals surface area contributed by atoms with Crippen molar-refractivity contribution in [1.29, 1.82) is 0 Å². The molecule has 1 amide bonds. The molecule has 5 N–H and O–H groups in total. The van der Waals surface area contributed by atoms with E-state index in [0.717, 1.165) is 0 Å². The van der Waals surface area contributed by atoms with Crippen molar-refractivity contribution < 1.29 is 19.4 Å². The highest BCUT2D eigenvalue weighted by Gasteiger charge is 2.19. The van der Waals surface area contributed by atoms with Crippen molar-refractivity contribution >= 4 is 23.1 Å². The molecule has 9 heteroatoms. The van der Waals surface area contributed by atoms with Crippen molar-refractivity contribution in [3.63, 3.8) is 0 Å². The summed E-state index contributed by atoms with van der Waals surface area (Å²) < 4.78 is 11.1. The van der Waals surface area contributed by atoms with E-state index in [9.17, 15) is 9.90 Å². The number of aliphatic hydroxyl groups excluding tert-OH is 1. The average molecular weight is 435 g/mol. The topological polar surface area (TPSA) is 132 Å². The molecule has 0 spiro atoms. The largest absolute Gasteiger partial charge is 0.497 e. The molecular weight excluding hydrogens is 410 g/mol. The molecule has 0 fully saturated rings. The Labute approximate surface area is 185 Å². The average Bonchev–Trinajstić information content (AvgIpc) is 2.79. The van der Waals surface area contributed by atoms with Crippen molar-refractivity contribution in [3.05, 3.63) is 72.6 Å². The van der Waals surface area contributed by atoms with Crippen LogP contribution in [0.4, 0.5) is 17.2 Å². The summed E-state index contributed by atoms with van der Waals surface area (Å²) in [6, 6.07) is 14.0. The van der Waals surface area contributed by atoms with E-state index in [1.54, 1.807) is 55.6 Å². The molecule has 0 aliphatic heterocycles. The number of methoxy groups -OCH3 is 1. The highest BCUT2D eigenvalue weighted by atomic mass is 16.5. The summed E-state index contributed by atoms with van der Waals surface area (Å²) >= 11 is 0. The molecule has 0 aliphatic rings. The molecule has 0 saturated heterocycles. The summed E-state index contributed by atoms with van der Waals surface area (Å²) in [7, 11) is 1.59. The van der Waals surface area contributed by atoms with Gasteiger partial charge in [0.2, 0.25) is 11.8 Å². The van der Waals surface area contributed by atoms with Gasteiger partial charge in [0.05, 0.1) is 7.11 Å². The molecule has 0 aliphatic carbocycles. The van der Waals surface area contributed by atoms with Gasteiger partial charge in [-0.05, 0) is 48.9 Å². The Morgan fingerprint density at radius 1 is 1.19 bits per heavy atom. The number of carbonyl (C=O) groups excluding carboxylic acids is 1. The van der Waals surface area contributed by atoms with Gasteiger partial charge in [0.25, 0.3) is 0 Å². The number of rotatable bonds is 9. The van der Waals surface area contributed by atoms with Gasteiger partial charge in [0, 0.05) is 17.4 Å². The van der Waals surface area contributed by atoms with Gasteiger partial charge < -0.3 is 30.9 Å². The molecule has 1 unspecified atom stereocenters. The molecule has 0 bridgehead atoms. The number of nitrogens with two attached hydrogens (primary N) is 1. The van der Waals surface area contributed by atoms with Crippen molar-refractivity contribution in [2.75, 3.05) is 17.7 Å². The minimum atomic E-state index is -1.33. The van der Waals surface area contributed by atoms with Gasteiger partial charge in [0.15, 0.2) is 5.82 Å². The normalized spacial score (nSPS) is 11.4. The molecule has 3 aromatic rings. The molecule has 0 saturated carbocycles. The summed E-state index contributed by atoms with van der Waals surface area (Å²) in [4.78, 5) is 20.6. The predicted molar refractivity (Wildman–Crippen MR) is 122 cm³/mol. The zero-order valence-electron chi connectivity index (χ0n) is 17.8. The number of carbonyl (C=O) groups is 1. The smallest absolute Gasteiger partial charge is 0.247 e. The number of ether oxygens (including phenoxy) is 2. The second-order valence-corrected chi connectivity index (χ2v) is 6.68. The number of nitrogens with zero attached hydrogens (tertiary/aromatic N) is 2. The quantitative estimate of drug-likeness (QED) is 0.296. The number of aryl methyl sites for hydroxylation is 1. The third-order valence-corrected chi connectivity index (χ3v) is 4.43. The zero-order valence-corrected chi connectivity index (χ0v) is 17.8. The van der Waals surface area contributed by atoms with E-state index in [0.29, 0.717) is 35.0 Å². The van der Waals surface area contributed by atoms with Crippen LogP contribution in [0.3, 0.4) is 0 Å². The van der Waals surface area contributed by atoms with Crippen molar-refractivity contribution in [1.82, 2.24) is 9.97 Å². The Hall–Kier alpha value is -3.95. The first-order valence-corrected chi connectivity index (χ1v) is 9.90. The van der Waals surface area contributed by atoms with E-state index in [-0.39, 0.29) is 23.3 Å². The molecule has 1 aromatic heterocycles. The van der Waals surface area contributed by atoms with Crippen molar-refractivity contribution in [2.45, 2.75) is 19.6 Å². The van der Waals surface area contributed by atoms with Gasteiger partial charge in [-0.15, -0.1) is 0 Å². The molecule has 32 heavy (non-hydrogen) atoms. The Kier molecular flexibility index (Phi) is 7.37. The van der Waals surface area contributed by atoms with Gasteiger partial charge >= 0.3 is 0 Å². The van der Waals surface area contributed by atoms with Crippen molar-refractivity contribution in [2.24, 2.45) is 5.73 Å². The van der Waals surface area contributed by atoms with E-state index in [1.165, 1.54) is 6.08 Å². The molecule has 2 aromatic carbocycles. The van der Waals surface area contributed by atoms with E-state index in [1.807, 2.05) is 6.92 Å². The van der Waals surface area contributed by atoms with Crippen LogP contribution in [0.5, 0.6) is 17.4 Å². The van der Waals surface area contributed by atoms with Crippen LogP contribution in [-0.4, -0.2) is 28.1 Å². The summed E-state index contributed by atoms with van der Waals surface area (Å²) in [6.07, 6.45) is 0.347. The zero-order chi connectivity index (χ0) is 23.1. The van der Waals surface area contributed by atoms with Crippen LogP contribution in [0.1, 0.15) is 24.5 Å². The maximum Gasteiger partial charge on any atom is 0.247 e. The number of aromatic nitrogens is 2. The first-order chi connectivity index (χ1) is 15.4. The number of hydrogen-bond donors (Lipinski definition) is 4.